The second-order valence-corrected chi connectivity index (χ2v) is 3.26. The zero-order valence-corrected chi connectivity index (χ0v) is 6.95. The Hall–Kier alpha value is -1.14. The molecular weight excluding hydrogens is 184 g/mol. The van der Waals surface area contributed by atoms with Gasteiger partial charge < -0.3 is 4.74 Å². The summed E-state index contributed by atoms with van der Waals surface area (Å²) in [7, 11) is -4.03. The number of ether oxygens (including phenoxy) is 1. The van der Waals surface area contributed by atoms with Crippen LogP contribution in [0.15, 0.2) is 25.0 Å². The van der Waals surface area contributed by atoms with E-state index in [0.29, 0.717) is 0 Å². The van der Waals surface area contributed by atoms with Crippen LogP contribution in [0.3, 0.4) is 0 Å². The third-order valence-corrected chi connectivity index (χ3v) is 1.37. The second kappa shape index (κ2) is 4.68. The van der Waals surface area contributed by atoms with Gasteiger partial charge in [-0.05, 0) is 6.08 Å². The molecule has 0 aliphatic heterocycles. The van der Waals surface area contributed by atoms with Gasteiger partial charge in [-0.3, -0.25) is 4.55 Å². The first kappa shape index (κ1) is 10.9. The summed E-state index contributed by atoms with van der Waals surface area (Å²) in [6.07, 6.45) is 2.80. The van der Waals surface area contributed by atoms with Crippen molar-refractivity contribution in [2.75, 3.05) is 5.75 Å². The predicted octanol–water partition coefficient (Wildman–Crippen LogP) is 0.117. The summed E-state index contributed by atoms with van der Waals surface area (Å²) in [6, 6.07) is 0. The van der Waals surface area contributed by atoms with E-state index in [1.165, 1.54) is 0 Å². The lowest BCUT2D eigenvalue weighted by Gasteiger charge is -1.90. The molecule has 5 nitrogen and oxygen atoms in total. The molecule has 0 bridgehead atoms. The molecule has 0 spiro atoms. The van der Waals surface area contributed by atoms with Crippen molar-refractivity contribution in [1.82, 2.24) is 0 Å². The molecule has 0 saturated heterocycles. The van der Waals surface area contributed by atoms with Gasteiger partial charge in [0.1, 0.15) is 0 Å². The molecule has 6 heteroatoms. The maximum atomic E-state index is 10.3. The highest BCUT2D eigenvalue weighted by Crippen LogP contribution is 1.86. The van der Waals surface area contributed by atoms with Crippen LogP contribution in [-0.4, -0.2) is 24.7 Å². The highest BCUT2D eigenvalue weighted by Gasteiger charge is 1.98. The van der Waals surface area contributed by atoms with Crippen LogP contribution in [0.4, 0.5) is 0 Å². The molecular formula is C6H8O5S. The summed E-state index contributed by atoms with van der Waals surface area (Å²) in [4.78, 5) is 10.3. The van der Waals surface area contributed by atoms with E-state index in [0.717, 1.165) is 18.4 Å². The maximum Gasteiger partial charge on any atom is 0.334 e. The second-order valence-electron chi connectivity index (χ2n) is 1.76. The molecule has 0 rings (SSSR count). The van der Waals surface area contributed by atoms with E-state index in [1.54, 1.807) is 0 Å². The monoisotopic (exact) mass is 192 g/mol. The molecule has 0 aromatic heterocycles. The standard InChI is InChI=1S/C6H8O5S/c1-2-6(7)11-4-3-5-12(8,9)10/h2-4H,1,5H2,(H,8,9,10). The average molecular weight is 192 g/mol. The molecule has 0 aliphatic carbocycles. The molecule has 0 aromatic rings. The summed E-state index contributed by atoms with van der Waals surface area (Å²) >= 11 is 0. The Balaban J connectivity index is 3.80. The Labute approximate surface area is 70.1 Å². The molecule has 68 valence electrons. The molecule has 1 N–H and O–H groups in total. The molecule has 0 fully saturated rings. The number of hydrogen-bond acceptors (Lipinski definition) is 4. The number of rotatable bonds is 4. The predicted molar refractivity (Wildman–Crippen MR) is 41.8 cm³/mol. The quantitative estimate of drug-likeness (QED) is 0.296. The van der Waals surface area contributed by atoms with Crippen LogP contribution in [0.1, 0.15) is 0 Å². The van der Waals surface area contributed by atoms with Crippen molar-refractivity contribution in [3.8, 4) is 0 Å². The topological polar surface area (TPSA) is 80.7 Å². The first-order valence-electron chi connectivity index (χ1n) is 2.89. The van der Waals surface area contributed by atoms with Crippen molar-refractivity contribution in [3.05, 3.63) is 25.0 Å². The lowest BCUT2D eigenvalue weighted by molar-refractivity contribution is -0.132. The normalized spacial score (nSPS) is 11.4. The van der Waals surface area contributed by atoms with E-state index >= 15 is 0 Å². The number of esters is 1. The summed E-state index contributed by atoms with van der Waals surface area (Å²) in [5.74, 6) is -1.28. The van der Waals surface area contributed by atoms with E-state index < -0.39 is 21.8 Å². The fraction of sp³-hybridized carbons (Fsp3) is 0.167. The van der Waals surface area contributed by atoms with Gasteiger partial charge in [0.15, 0.2) is 0 Å². The molecule has 0 unspecified atom stereocenters. The summed E-state index contributed by atoms with van der Waals surface area (Å²) in [5.41, 5.74) is 0. The van der Waals surface area contributed by atoms with Gasteiger partial charge in [0.25, 0.3) is 10.1 Å². The minimum Gasteiger partial charge on any atom is -0.432 e. The van der Waals surface area contributed by atoms with Crippen molar-refractivity contribution in [1.29, 1.82) is 0 Å². The Morgan fingerprint density at radius 2 is 2.17 bits per heavy atom. The van der Waals surface area contributed by atoms with Gasteiger partial charge in [0.2, 0.25) is 0 Å². The van der Waals surface area contributed by atoms with Crippen LogP contribution in [0.2, 0.25) is 0 Å². The van der Waals surface area contributed by atoms with Gasteiger partial charge in [-0.25, -0.2) is 4.79 Å². The first-order valence-corrected chi connectivity index (χ1v) is 4.50. The van der Waals surface area contributed by atoms with Gasteiger partial charge in [-0.1, -0.05) is 6.58 Å². The van der Waals surface area contributed by atoms with Crippen LogP contribution in [0, 0.1) is 0 Å². The number of hydrogen-bond donors (Lipinski definition) is 1. The Bertz CT molecular complexity index is 287. The highest BCUT2D eigenvalue weighted by molar-refractivity contribution is 7.85. The van der Waals surface area contributed by atoms with Crippen molar-refractivity contribution in [3.63, 3.8) is 0 Å². The zero-order chi connectivity index (χ0) is 9.61. The fourth-order valence-electron chi connectivity index (χ4n) is 0.324. The van der Waals surface area contributed by atoms with Crippen molar-refractivity contribution >= 4 is 16.1 Å². The number of carbonyl (C=O) groups is 1. The highest BCUT2D eigenvalue weighted by atomic mass is 32.2. The van der Waals surface area contributed by atoms with Crippen LogP contribution in [-0.2, 0) is 19.6 Å². The zero-order valence-electron chi connectivity index (χ0n) is 6.13. The van der Waals surface area contributed by atoms with Gasteiger partial charge in [-0.15, -0.1) is 0 Å². The minimum absolute atomic E-state index is 0.586. The molecule has 0 radical (unpaired) electrons. The molecule has 0 aromatic carbocycles. The van der Waals surface area contributed by atoms with Crippen LogP contribution >= 0.6 is 0 Å². The molecule has 0 heterocycles. The molecule has 0 amide bonds. The molecule has 0 saturated carbocycles. The minimum atomic E-state index is -4.03. The average Bonchev–Trinajstić information content (AvgIpc) is 1.96. The smallest absolute Gasteiger partial charge is 0.334 e. The third kappa shape index (κ3) is 6.97. The van der Waals surface area contributed by atoms with Crippen LogP contribution < -0.4 is 0 Å². The fourth-order valence-corrected chi connectivity index (χ4v) is 0.646. The van der Waals surface area contributed by atoms with Crippen molar-refractivity contribution in [2.24, 2.45) is 0 Å². The Morgan fingerprint density at radius 1 is 1.58 bits per heavy atom. The van der Waals surface area contributed by atoms with Crippen molar-refractivity contribution < 1.29 is 22.5 Å². The van der Waals surface area contributed by atoms with Gasteiger partial charge in [0, 0.05) is 6.08 Å². The Morgan fingerprint density at radius 3 is 2.58 bits per heavy atom. The van der Waals surface area contributed by atoms with Gasteiger partial charge in [-0.2, -0.15) is 8.42 Å². The lowest BCUT2D eigenvalue weighted by Crippen LogP contribution is -2.01. The largest absolute Gasteiger partial charge is 0.432 e. The van der Waals surface area contributed by atoms with Crippen LogP contribution in [0.5, 0.6) is 0 Å². The maximum absolute atomic E-state index is 10.3. The lowest BCUT2D eigenvalue weighted by atomic mass is 10.6. The van der Waals surface area contributed by atoms with E-state index in [4.69, 9.17) is 4.55 Å². The third-order valence-electron chi connectivity index (χ3n) is 0.754. The number of carbonyl (C=O) groups excluding carboxylic acids is 1. The summed E-state index contributed by atoms with van der Waals surface area (Å²) in [5, 5.41) is 0. The summed E-state index contributed by atoms with van der Waals surface area (Å²) in [6.45, 7) is 3.11. The van der Waals surface area contributed by atoms with E-state index in [1.807, 2.05) is 0 Å². The molecule has 12 heavy (non-hydrogen) atoms. The van der Waals surface area contributed by atoms with Crippen LogP contribution in [0.25, 0.3) is 0 Å². The Kier molecular flexibility index (Phi) is 4.24. The van der Waals surface area contributed by atoms with Crippen molar-refractivity contribution in [2.45, 2.75) is 0 Å². The molecule has 0 aliphatic rings. The van der Waals surface area contributed by atoms with Gasteiger partial charge in [0.05, 0.1) is 12.0 Å². The van der Waals surface area contributed by atoms with E-state index in [9.17, 15) is 13.2 Å². The first-order chi connectivity index (χ1) is 5.45. The SMILES string of the molecule is C=CC(=O)OC=CCS(=O)(=O)O. The summed E-state index contributed by atoms with van der Waals surface area (Å²) < 4.78 is 32.7. The molecule has 0 atom stereocenters. The van der Waals surface area contributed by atoms with E-state index in [-0.39, 0.29) is 0 Å². The van der Waals surface area contributed by atoms with Gasteiger partial charge >= 0.3 is 5.97 Å². The van der Waals surface area contributed by atoms with E-state index in [2.05, 4.69) is 11.3 Å².